The number of rotatable bonds is 22. The number of H-pyrrole nitrogens is 1. The predicted octanol–water partition coefficient (Wildman–Crippen LogP) is 5.55. The first-order valence-corrected chi connectivity index (χ1v) is 26.0. The van der Waals surface area contributed by atoms with Crippen molar-refractivity contribution in [1.29, 1.82) is 0 Å². The lowest BCUT2D eigenvalue weighted by Gasteiger charge is -2.36. The van der Waals surface area contributed by atoms with Crippen molar-refractivity contribution in [2.75, 3.05) is 84.4 Å². The van der Waals surface area contributed by atoms with Gasteiger partial charge in [0.05, 0.1) is 87.1 Å². The van der Waals surface area contributed by atoms with Gasteiger partial charge in [0.2, 0.25) is 23.6 Å². The van der Waals surface area contributed by atoms with Crippen LogP contribution in [0, 0.1) is 18.2 Å². The Labute approximate surface area is 439 Å². The lowest BCUT2D eigenvalue weighted by atomic mass is 9.85. The Morgan fingerprint density at radius 2 is 1.56 bits per heavy atom. The van der Waals surface area contributed by atoms with E-state index in [4.69, 9.17) is 18.9 Å². The molecule has 0 radical (unpaired) electrons. The monoisotopic (exact) mass is 1050 g/mol. The van der Waals surface area contributed by atoms with Crippen molar-refractivity contribution in [3.05, 3.63) is 95.5 Å². The Morgan fingerprint density at radius 1 is 0.880 bits per heavy atom. The van der Waals surface area contributed by atoms with Gasteiger partial charge in [-0.3, -0.25) is 24.3 Å². The maximum absolute atomic E-state index is 14.8. The molecule has 3 aromatic heterocycles. The van der Waals surface area contributed by atoms with E-state index in [2.05, 4.69) is 40.7 Å². The Morgan fingerprint density at radius 3 is 2.23 bits per heavy atom. The number of fused-ring (bicyclic) bond motifs is 1. The molecule has 4 N–H and O–H groups in total. The number of aryl methyl sites for hydroxylation is 1. The average molecular weight is 1050 g/mol. The SMILES string of the molecule is COc1cccc(F)c1-c1ncc2[nH]nc(-c3ccc(N4CCN(C(=O)CCOCCOCCOCCC(=O)N[C@H](C(=O)N5C[C@H](O)C[C@H]5C(=O)NCc5ccc(-c6scnc6C)cc5)C(C)(C)C)CC4)cc3)c2n1. The molecule has 6 aromatic rings. The first kappa shape index (κ1) is 54.4. The molecule has 0 bridgehead atoms. The Hall–Kier alpha value is -6.91. The molecule has 3 atom stereocenters. The molecule has 4 amide bonds. The number of piperazine rings is 1. The standard InChI is InChI=1S/C54H65FN10O9S/c1-34-49(75-33-58-34)37-11-9-35(10-12-37)30-57-52(69)42-29-39(66)32-65(42)53(70)50(54(2,3)4)59-44(67)17-23-72-25-27-74-28-26-73-24-18-45(68)64-21-19-63(20-22-64)38-15-13-36(14-16-38)47-48-41(61-62-47)31-56-51(60-48)46-40(55)7-6-8-43(46)71-5/h6-16,31,33,39,42,50,66H,17-30,32H2,1-5H3,(H,57,69)(H,59,67)(H,61,62)/t39-,42+,50-/m1/s1. The number of carbonyl (C=O) groups is 4. The number of likely N-dealkylation sites (tertiary alicyclic amines) is 1. The quantitative estimate of drug-likeness (QED) is 0.0612. The third kappa shape index (κ3) is 13.7. The molecule has 19 nitrogen and oxygen atoms in total. The van der Waals surface area contributed by atoms with Crippen molar-refractivity contribution in [3.63, 3.8) is 0 Å². The van der Waals surface area contributed by atoms with Crippen LogP contribution < -0.4 is 20.3 Å². The fourth-order valence-electron chi connectivity index (χ4n) is 9.11. The minimum absolute atomic E-state index is 0.00727. The molecule has 2 aliphatic heterocycles. The van der Waals surface area contributed by atoms with E-state index in [1.165, 1.54) is 18.1 Å². The van der Waals surface area contributed by atoms with Gasteiger partial charge >= 0.3 is 0 Å². The molecule has 21 heteroatoms. The number of aliphatic hydroxyl groups excluding tert-OH is 1. The number of aromatic amines is 1. The predicted molar refractivity (Wildman–Crippen MR) is 281 cm³/mol. The van der Waals surface area contributed by atoms with Crippen molar-refractivity contribution < 1.29 is 47.6 Å². The largest absolute Gasteiger partial charge is 0.496 e. The summed E-state index contributed by atoms with van der Waals surface area (Å²) in [6.45, 7) is 11.8. The minimum Gasteiger partial charge on any atom is -0.496 e. The van der Waals surface area contributed by atoms with Crippen molar-refractivity contribution in [2.24, 2.45) is 5.41 Å². The van der Waals surface area contributed by atoms with Gasteiger partial charge in [-0.15, -0.1) is 11.3 Å². The molecule has 3 aromatic carbocycles. The van der Waals surface area contributed by atoms with E-state index < -0.39 is 35.3 Å². The van der Waals surface area contributed by atoms with E-state index in [-0.39, 0.29) is 87.9 Å². The van der Waals surface area contributed by atoms with Crippen molar-refractivity contribution in [1.82, 2.24) is 45.6 Å². The van der Waals surface area contributed by atoms with E-state index in [0.717, 1.165) is 32.9 Å². The minimum atomic E-state index is -0.945. The zero-order valence-corrected chi connectivity index (χ0v) is 43.8. The van der Waals surface area contributed by atoms with Gasteiger partial charge in [0.15, 0.2) is 5.82 Å². The first-order chi connectivity index (χ1) is 36.2. The number of aromatic nitrogens is 5. The summed E-state index contributed by atoms with van der Waals surface area (Å²) < 4.78 is 37.1. The highest BCUT2D eigenvalue weighted by atomic mass is 32.1. The second kappa shape index (κ2) is 25.1. The van der Waals surface area contributed by atoms with Gasteiger partial charge < -0.3 is 49.4 Å². The molecule has 0 aliphatic carbocycles. The summed E-state index contributed by atoms with van der Waals surface area (Å²) in [7, 11) is 1.47. The maximum Gasteiger partial charge on any atom is 0.246 e. The zero-order chi connectivity index (χ0) is 53.1. The number of anilines is 1. The number of methoxy groups -OCH3 is 1. The summed E-state index contributed by atoms with van der Waals surface area (Å²) in [4.78, 5) is 73.3. The number of halogens is 1. The van der Waals surface area contributed by atoms with Gasteiger partial charge in [0.25, 0.3) is 0 Å². The second-order valence-corrected chi connectivity index (χ2v) is 20.4. The molecule has 8 rings (SSSR count). The highest BCUT2D eigenvalue weighted by Crippen LogP contribution is 2.34. The van der Waals surface area contributed by atoms with Crippen LogP contribution in [0.5, 0.6) is 5.75 Å². The van der Waals surface area contributed by atoms with Crippen LogP contribution >= 0.6 is 11.3 Å². The molecule has 0 unspecified atom stereocenters. The maximum atomic E-state index is 14.8. The molecule has 398 valence electrons. The third-order valence-electron chi connectivity index (χ3n) is 13.2. The number of β-amino-alcohol motifs (C(OH)–C–C–N with tert-alkyl or cyclic N) is 1. The summed E-state index contributed by atoms with van der Waals surface area (Å²) >= 11 is 1.57. The van der Waals surface area contributed by atoms with Crippen LogP contribution in [0.25, 0.3) is 44.1 Å². The molecular formula is C54H65FN10O9S. The lowest BCUT2D eigenvalue weighted by Crippen LogP contribution is -2.57. The Kier molecular flexibility index (Phi) is 18.2. The highest BCUT2D eigenvalue weighted by Gasteiger charge is 2.44. The molecule has 2 saturated heterocycles. The van der Waals surface area contributed by atoms with E-state index in [9.17, 15) is 28.7 Å². The molecule has 2 aliphatic rings. The van der Waals surface area contributed by atoms with Crippen LogP contribution in [0.15, 0.2) is 78.4 Å². The number of nitrogens with one attached hydrogen (secondary N) is 3. The summed E-state index contributed by atoms with van der Waals surface area (Å²) in [6, 6.07) is 18.6. The number of hydrogen-bond acceptors (Lipinski definition) is 15. The van der Waals surface area contributed by atoms with Crippen molar-refractivity contribution >= 4 is 51.7 Å². The van der Waals surface area contributed by atoms with Crippen LogP contribution in [0.1, 0.15) is 51.3 Å². The van der Waals surface area contributed by atoms with Gasteiger partial charge in [0, 0.05) is 63.4 Å². The van der Waals surface area contributed by atoms with E-state index in [0.29, 0.717) is 61.9 Å². The van der Waals surface area contributed by atoms with Crippen LogP contribution in [0.2, 0.25) is 0 Å². The number of hydrogen-bond donors (Lipinski definition) is 4. The first-order valence-electron chi connectivity index (χ1n) is 25.1. The van der Waals surface area contributed by atoms with E-state index >= 15 is 0 Å². The van der Waals surface area contributed by atoms with Gasteiger partial charge in [-0.1, -0.05) is 63.2 Å². The van der Waals surface area contributed by atoms with Crippen LogP contribution in [0.3, 0.4) is 0 Å². The number of thiazole rings is 1. The van der Waals surface area contributed by atoms with Gasteiger partial charge in [0.1, 0.15) is 40.4 Å². The second-order valence-electron chi connectivity index (χ2n) is 19.5. The number of benzene rings is 3. The average Bonchev–Trinajstić information content (AvgIpc) is 4.16. The van der Waals surface area contributed by atoms with Gasteiger partial charge in [-0.2, -0.15) is 5.10 Å². The van der Waals surface area contributed by atoms with Crippen LogP contribution in [-0.2, 0) is 39.9 Å². The topological polar surface area (TPSA) is 227 Å². The fourth-order valence-corrected chi connectivity index (χ4v) is 9.92. The van der Waals surface area contributed by atoms with Crippen molar-refractivity contribution in [2.45, 2.75) is 71.7 Å². The summed E-state index contributed by atoms with van der Waals surface area (Å²) in [6.07, 6.45) is 1.07. The molecule has 2 fully saturated rings. The van der Waals surface area contributed by atoms with E-state index in [1.54, 1.807) is 29.7 Å². The van der Waals surface area contributed by atoms with Gasteiger partial charge in [-0.25, -0.2) is 19.3 Å². The normalized spacial score (nSPS) is 16.3. The smallest absolute Gasteiger partial charge is 0.246 e. The zero-order valence-electron chi connectivity index (χ0n) is 43.0. The number of nitrogens with zero attached hydrogens (tertiary/aromatic N) is 7. The molecule has 0 saturated carbocycles. The summed E-state index contributed by atoms with van der Waals surface area (Å²) in [5.74, 6) is -1.10. The highest BCUT2D eigenvalue weighted by molar-refractivity contribution is 7.13. The number of aliphatic hydroxyl groups is 1. The van der Waals surface area contributed by atoms with E-state index in [1.807, 2.05) is 86.6 Å². The molecular weight excluding hydrogens is 984 g/mol. The molecule has 0 spiro atoms. The number of carbonyl (C=O) groups excluding carboxylic acids is 4. The Balaban J connectivity index is 0.679. The number of amides is 4. The number of ether oxygens (including phenoxy) is 4. The molecule has 75 heavy (non-hydrogen) atoms. The Bertz CT molecular complexity index is 2900. The van der Waals surface area contributed by atoms with Crippen LogP contribution in [0.4, 0.5) is 10.1 Å². The lowest BCUT2D eigenvalue weighted by molar-refractivity contribution is -0.144. The summed E-state index contributed by atoms with van der Waals surface area (Å²) in [5, 5.41) is 23.8. The molecule has 5 heterocycles. The third-order valence-corrected chi connectivity index (χ3v) is 14.2. The summed E-state index contributed by atoms with van der Waals surface area (Å²) in [5.41, 5.74) is 7.84. The fraction of sp³-hybridized carbons (Fsp3) is 0.444. The van der Waals surface area contributed by atoms with Crippen molar-refractivity contribution in [3.8, 4) is 38.8 Å². The van der Waals surface area contributed by atoms with Gasteiger partial charge in [-0.05, 0) is 47.7 Å². The van der Waals surface area contributed by atoms with Crippen LogP contribution in [-0.4, -0.2) is 161 Å².